The van der Waals surface area contributed by atoms with Gasteiger partial charge in [-0.05, 0) is 56.0 Å². The van der Waals surface area contributed by atoms with Crippen LogP contribution in [0.5, 0.6) is 0 Å². The number of likely N-dealkylation sites (tertiary alicyclic amines) is 1. The summed E-state index contributed by atoms with van der Waals surface area (Å²) < 4.78 is 13.7. The molecule has 0 atom stereocenters. The summed E-state index contributed by atoms with van der Waals surface area (Å²) in [6, 6.07) is 12.2. The van der Waals surface area contributed by atoms with Crippen molar-refractivity contribution in [1.29, 1.82) is 0 Å². The molecule has 1 fully saturated rings. The summed E-state index contributed by atoms with van der Waals surface area (Å²) in [6.07, 6.45) is 1.21. The molecule has 0 aliphatic carbocycles. The lowest BCUT2D eigenvalue weighted by atomic mass is 9.95. The summed E-state index contributed by atoms with van der Waals surface area (Å²) >= 11 is 0. The van der Waals surface area contributed by atoms with Gasteiger partial charge in [0.15, 0.2) is 5.82 Å². The number of benzene rings is 2. The highest BCUT2D eigenvalue weighted by molar-refractivity contribution is 5.94. The Morgan fingerprint density at radius 2 is 1.84 bits per heavy atom. The molecule has 1 aromatic heterocycles. The Kier molecular flexibility index (Phi) is 6.30. The van der Waals surface area contributed by atoms with Gasteiger partial charge >= 0.3 is 0 Å². The Morgan fingerprint density at radius 1 is 1.12 bits per heavy atom. The molecule has 3 aromatic rings. The van der Waals surface area contributed by atoms with E-state index in [4.69, 9.17) is 0 Å². The maximum atomic E-state index is 13.7. The lowest BCUT2D eigenvalue weighted by molar-refractivity contribution is -0.126. The van der Waals surface area contributed by atoms with Crippen LogP contribution in [0.3, 0.4) is 0 Å². The Morgan fingerprint density at radius 3 is 2.47 bits per heavy atom. The van der Waals surface area contributed by atoms with Crippen LogP contribution in [0.1, 0.15) is 40.2 Å². The van der Waals surface area contributed by atoms with Crippen molar-refractivity contribution in [2.24, 2.45) is 5.92 Å². The third kappa shape index (κ3) is 4.85. The quantitative estimate of drug-likeness (QED) is 0.643. The molecular weight excluding hydrogens is 409 g/mol. The topological polar surface area (TPSA) is 91.0 Å². The van der Waals surface area contributed by atoms with Gasteiger partial charge in [0.05, 0.1) is 0 Å². The monoisotopic (exact) mass is 435 g/mol. The minimum atomic E-state index is -0.271. The molecule has 1 aliphatic heterocycles. The van der Waals surface area contributed by atoms with Crippen LogP contribution in [0.4, 0.5) is 4.39 Å². The molecule has 1 aliphatic rings. The fourth-order valence-electron chi connectivity index (χ4n) is 3.84. The van der Waals surface area contributed by atoms with Crippen molar-refractivity contribution in [2.45, 2.75) is 33.2 Å². The van der Waals surface area contributed by atoms with E-state index in [0.717, 1.165) is 17.0 Å². The lowest BCUT2D eigenvalue weighted by Gasteiger charge is -2.31. The molecule has 0 bridgehead atoms. The number of rotatable bonds is 5. The van der Waals surface area contributed by atoms with E-state index in [1.54, 1.807) is 30.0 Å². The summed E-state index contributed by atoms with van der Waals surface area (Å²) in [5.74, 6) is 0.818. The van der Waals surface area contributed by atoms with Gasteiger partial charge in [0.1, 0.15) is 11.6 Å². The standard InChI is InChI=1S/C24H26FN5O2/c1-15-3-4-17(13-21(15)25)14-26-23(31)19-9-11-30(12-10-19)24(32)20-7-5-18(6-8-20)22-27-16(2)28-29-22/h3-8,13,19H,9-12,14H2,1-2H3,(H,26,31)(H,27,28,29). The first-order valence-corrected chi connectivity index (χ1v) is 10.7. The van der Waals surface area contributed by atoms with Crippen molar-refractivity contribution in [2.75, 3.05) is 13.1 Å². The van der Waals surface area contributed by atoms with Gasteiger partial charge in [-0.1, -0.05) is 24.3 Å². The first-order valence-electron chi connectivity index (χ1n) is 10.7. The number of halogens is 1. The first kappa shape index (κ1) is 21.7. The number of hydrogen-bond acceptors (Lipinski definition) is 4. The van der Waals surface area contributed by atoms with E-state index in [1.165, 1.54) is 6.07 Å². The maximum Gasteiger partial charge on any atom is 0.253 e. The number of nitrogens with zero attached hydrogens (tertiary/aromatic N) is 3. The number of aromatic amines is 1. The van der Waals surface area contributed by atoms with Crippen LogP contribution < -0.4 is 5.32 Å². The van der Waals surface area contributed by atoms with Crippen LogP contribution in [-0.2, 0) is 11.3 Å². The highest BCUT2D eigenvalue weighted by atomic mass is 19.1. The molecule has 0 unspecified atom stereocenters. The third-order valence-electron chi connectivity index (χ3n) is 5.84. The number of aryl methyl sites for hydroxylation is 2. The summed E-state index contributed by atoms with van der Waals surface area (Å²) in [7, 11) is 0. The molecule has 4 rings (SSSR count). The van der Waals surface area contributed by atoms with Gasteiger partial charge in [0.25, 0.3) is 5.91 Å². The van der Waals surface area contributed by atoms with Crippen LogP contribution in [0.15, 0.2) is 42.5 Å². The molecule has 0 radical (unpaired) electrons. The zero-order chi connectivity index (χ0) is 22.7. The van der Waals surface area contributed by atoms with E-state index in [1.807, 2.05) is 25.1 Å². The van der Waals surface area contributed by atoms with Crippen molar-refractivity contribution in [3.05, 3.63) is 70.8 Å². The fourth-order valence-corrected chi connectivity index (χ4v) is 3.84. The molecule has 7 nitrogen and oxygen atoms in total. The van der Waals surface area contributed by atoms with Gasteiger partial charge in [-0.15, -0.1) is 0 Å². The molecule has 166 valence electrons. The van der Waals surface area contributed by atoms with Crippen molar-refractivity contribution in [1.82, 2.24) is 25.4 Å². The second-order valence-electron chi connectivity index (χ2n) is 8.19. The fraction of sp³-hybridized carbons (Fsp3) is 0.333. The third-order valence-corrected chi connectivity index (χ3v) is 5.84. The zero-order valence-electron chi connectivity index (χ0n) is 18.2. The highest BCUT2D eigenvalue weighted by Gasteiger charge is 2.27. The second-order valence-corrected chi connectivity index (χ2v) is 8.19. The van der Waals surface area contributed by atoms with Crippen molar-refractivity contribution in [3.8, 4) is 11.4 Å². The molecule has 2 heterocycles. The highest BCUT2D eigenvalue weighted by Crippen LogP contribution is 2.21. The largest absolute Gasteiger partial charge is 0.352 e. The Labute approximate surface area is 186 Å². The zero-order valence-corrected chi connectivity index (χ0v) is 18.2. The van der Waals surface area contributed by atoms with Crippen molar-refractivity contribution < 1.29 is 14.0 Å². The molecule has 2 aromatic carbocycles. The summed E-state index contributed by atoms with van der Waals surface area (Å²) in [4.78, 5) is 31.4. The van der Waals surface area contributed by atoms with E-state index in [-0.39, 0.29) is 23.5 Å². The van der Waals surface area contributed by atoms with Crippen LogP contribution in [0.2, 0.25) is 0 Å². The molecule has 1 saturated heterocycles. The van der Waals surface area contributed by atoms with E-state index in [0.29, 0.717) is 49.4 Å². The molecule has 32 heavy (non-hydrogen) atoms. The first-order chi connectivity index (χ1) is 15.4. The normalized spacial score (nSPS) is 14.4. The lowest BCUT2D eigenvalue weighted by Crippen LogP contribution is -2.42. The second kappa shape index (κ2) is 9.30. The Balaban J connectivity index is 1.28. The Bertz CT molecular complexity index is 1120. The number of carbonyl (C=O) groups excluding carboxylic acids is 2. The smallest absolute Gasteiger partial charge is 0.253 e. The SMILES string of the molecule is Cc1nc(-c2ccc(C(=O)N3CCC(C(=O)NCc4ccc(C)c(F)c4)CC3)cc2)n[nH]1. The molecule has 0 spiro atoms. The summed E-state index contributed by atoms with van der Waals surface area (Å²) in [6.45, 7) is 4.89. The number of H-pyrrole nitrogens is 1. The molecular formula is C24H26FN5O2. The number of hydrogen-bond donors (Lipinski definition) is 2. The summed E-state index contributed by atoms with van der Waals surface area (Å²) in [5.41, 5.74) is 2.76. The number of aromatic nitrogens is 3. The van der Waals surface area contributed by atoms with Crippen molar-refractivity contribution in [3.63, 3.8) is 0 Å². The number of amides is 2. The molecule has 8 heteroatoms. The van der Waals surface area contributed by atoms with Gasteiger partial charge in [-0.25, -0.2) is 9.37 Å². The van der Waals surface area contributed by atoms with Crippen LogP contribution in [-0.4, -0.2) is 45.0 Å². The minimum Gasteiger partial charge on any atom is -0.352 e. The van der Waals surface area contributed by atoms with E-state index >= 15 is 0 Å². The van der Waals surface area contributed by atoms with Gasteiger partial charge in [-0.2, -0.15) is 5.10 Å². The van der Waals surface area contributed by atoms with Gasteiger partial charge in [0.2, 0.25) is 5.91 Å². The maximum absolute atomic E-state index is 13.7. The van der Waals surface area contributed by atoms with E-state index < -0.39 is 0 Å². The Hall–Kier alpha value is -3.55. The molecule has 0 saturated carbocycles. The van der Waals surface area contributed by atoms with Gasteiger partial charge < -0.3 is 10.2 Å². The summed E-state index contributed by atoms with van der Waals surface area (Å²) in [5, 5.41) is 9.83. The van der Waals surface area contributed by atoms with Crippen LogP contribution >= 0.6 is 0 Å². The van der Waals surface area contributed by atoms with Crippen LogP contribution in [0, 0.1) is 25.6 Å². The molecule has 2 amide bonds. The van der Waals surface area contributed by atoms with E-state index in [2.05, 4.69) is 20.5 Å². The average Bonchev–Trinajstić information content (AvgIpc) is 3.25. The predicted molar refractivity (Wildman–Crippen MR) is 118 cm³/mol. The van der Waals surface area contributed by atoms with E-state index in [9.17, 15) is 14.0 Å². The predicted octanol–water partition coefficient (Wildman–Crippen LogP) is 3.40. The number of carbonyl (C=O) groups is 2. The van der Waals surface area contributed by atoms with Gasteiger partial charge in [0, 0.05) is 36.7 Å². The number of piperidine rings is 1. The van der Waals surface area contributed by atoms with Crippen molar-refractivity contribution >= 4 is 11.8 Å². The average molecular weight is 436 g/mol. The molecule has 2 N–H and O–H groups in total. The van der Waals surface area contributed by atoms with Crippen LogP contribution in [0.25, 0.3) is 11.4 Å². The number of nitrogens with one attached hydrogen (secondary N) is 2. The minimum absolute atomic E-state index is 0.0447. The van der Waals surface area contributed by atoms with Gasteiger partial charge in [-0.3, -0.25) is 14.7 Å².